The largest absolute Gasteiger partial charge is 0.463 e. The van der Waals surface area contributed by atoms with E-state index in [2.05, 4.69) is 4.98 Å². The molecule has 1 aromatic heterocycles. The van der Waals surface area contributed by atoms with E-state index in [1.807, 2.05) is 41.2 Å². The molecular formula is C11H8N2O. The summed E-state index contributed by atoms with van der Waals surface area (Å²) in [6, 6.07) is 7.86. The molecule has 3 rings (SSSR count). The van der Waals surface area contributed by atoms with Gasteiger partial charge in [0, 0.05) is 18.6 Å². The maximum Gasteiger partial charge on any atom is 0.147 e. The van der Waals surface area contributed by atoms with E-state index in [1.165, 1.54) is 0 Å². The van der Waals surface area contributed by atoms with Crippen LogP contribution in [0.2, 0.25) is 0 Å². The first-order valence-electron chi connectivity index (χ1n) is 4.41. The molecule has 0 unspecified atom stereocenters. The number of hydrogen-bond acceptors (Lipinski definition) is 2. The minimum atomic E-state index is 0.841. The van der Waals surface area contributed by atoms with Gasteiger partial charge in [-0.2, -0.15) is 0 Å². The first kappa shape index (κ1) is 7.38. The lowest BCUT2D eigenvalue weighted by Crippen LogP contribution is -1.88. The van der Waals surface area contributed by atoms with Crippen molar-refractivity contribution in [2.24, 2.45) is 0 Å². The quantitative estimate of drug-likeness (QED) is 0.628. The highest BCUT2D eigenvalue weighted by molar-refractivity contribution is 5.67. The Hall–Kier alpha value is -2.03. The van der Waals surface area contributed by atoms with E-state index in [4.69, 9.17) is 4.74 Å². The Morgan fingerprint density at radius 2 is 2.14 bits per heavy atom. The average molecular weight is 184 g/mol. The zero-order valence-corrected chi connectivity index (χ0v) is 7.42. The van der Waals surface area contributed by atoms with Crippen molar-refractivity contribution in [2.75, 3.05) is 0 Å². The highest BCUT2D eigenvalue weighted by Gasteiger charge is 2.11. The molecule has 0 radical (unpaired) electrons. The Bertz CT molecular complexity index is 499. The monoisotopic (exact) mass is 184 g/mol. The average Bonchev–Trinajstić information content (AvgIpc) is 2.61. The molecule has 68 valence electrons. The molecule has 0 atom stereocenters. The molecule has 0 fully saturated rings. The Balaban J connectivity index is 2.33. The van der Waals surface area contributed by atoms with E-state index in [9.17, 15) is 0 Å². The summed E-state index contributed by atoms with van der Waals surface area (Å²) >= 11 is 0. The molecule has 1 aliphatic heterocycles. The Labute approximate surface area is 81.3 Å². The third-order valence-electron chi connectivity index (χ3n) is 2.21. The number of ether oxygens (including phenoxy) is 1. The number of para-hydroxylation sites is 1. The van der Waals surface area contributed by atoms with Crippen molar-refractivity contribution >= 4 is 6.20 Å². The summed E-state index contributed by atoms with van der Waals surface area (Å²) in [5.74, 6) is 1.75. The number of rotatable bonds is 0. The highest BCUT2D eigenvalue weighted by atomic mass is 16.5. The van der Waals surface area contributed by atoms with E-state index >= 15 is 0 Å². The standard InChI is InChI=1S/C11H8N2O/c1-2-4-10-9(3-1)11-12-5-6-13(11)7-8-14-10/h1-8H. The molecule has 0 saturated heterocycles. The number of imidazole rings is 1. The molecule has 0 bridgehead atoms. The van der Waals surface area contributed by atoms with Gasteiger partial charge in [-0.1, -0.05) is 12.1 Å². The topological polar surface area (TPSA) is 27.1 Å². The lowest BCUT2D eigenvalue weighted by molar-refractivity contribution is 0.487. The van der Waals surface area contributed by atoms with Crippen molar-refractivity contribution in [3.05, 3.63) is 42.9 Å². The Morgan fingerprint density at radius 1 is 1.21 bits per heavy atom. The summed E-state index contributed by atoms with van der Waals surface area (Å²) < 4.78 is 7.38. The second-order valence-corrected chi connectivity index (χ2v) is 3.06. The van der Waals surface area contributed by atoms with Gasteiger partial charge in [0.2, 0.25) is 0 Å². The van der Waals surface area contributed by atoms with Crippen LogP contribution in [0.5, 0.6) is 5.75 Å². The molecule has 0 aliphatic carbocycles. The molecular weight excluding hydrogens is 176 g/mol. The first-order chi connectivity index (χ1) is 6.95. The molecule has 0 amide bonds. The molecule has 2 heterocycles. The third-order valence-corrected chi connectivity index (χ3v) is 2.21. The zero-order valence-electron chi connectivity index (χ0n) is 7.42. The normalized spacial score (nSPS) is 12.6. The lowest BCUT2D eigenvalue weighted by Gasteiger charge is -2.03. The molecule has 0 saturated carbocycles. The fourth-order valence-electron chi connectivity index (χ4n) is 1.57. The van der Waals surface area contributed by atoms with Crippen molar-refractivity contribution in [1.29, 1.82) is 0 Å². The second kappa shape index (κ2) is 2.73. The van der Waals surface area contributed by atoms with E-state index in [-0.39, 0.29) is 0 Å². The van der Waals surface area contributed by atoms with Crippen molar-refractivity contribution < 1.29 is 4.74 Å². The fourth-order valence-corrected chi connectivity index (χ4v) is 1.57. The molecule has 2 aromatic rings. The number of nitrogens with zero attached hydrogens (tertiary/aromatic N) is 2. The van der Waals surface area contributed by atoms with Crippen LogP contribution in [0.3, 0.4) is 0 Å². The number of fused-ring (bicyclic) bond motifs is 3. The number of benzene rings is 1. The van der Waals surface area contributed by atoms with Crippen molar-refractivity contribution in [2.45, 2.75) is 0 Å². The minimum absolute atomic E-state index is 0.841. The molecule has 0 spiro atoms. The fraction of sp³-hybridized carbons (Fsp3) is 0. The second-order valence-electron chi connectivity index (χ2n) is 3.06. The minimum Gasteiger partial charge on any atom is -0.463 e. The van der Waals surface area contributed by atoms with Crippen LogP contribution in [-0.4, -0.2) is 9.55 Å². The molecule has 1 aliphatic rings. The first-order valence-corrected chi connectivity index (χ1v) is 4.41. The summed E-state index contributed by atoms with van der Waals surface area (Å²) in [6.45, 7) is 0. The van der Waals surface area contributed by atoms with Gasteiger partial charge in [0.15, 0.2) is 0 Å². The van der Waals surface area contributed by atoms with Crippen LogP contribution >= 0.6 is 0 Å². The molecule has 14 heavy (non-hydrogen) atoms. The third kappa shape index (κ3) is 0.956. The number of hydrogen-bond donors (Lipinski definition) is 0. The van der Waals surface area contributed by atoms with Gasteiger partial charge >= 0.3 is 0 Å². The van der Waals surface area contributed by atoms with Crippen LogP contribution in [0.25, 0.3) is 17.6 Å². The Morgan fingerprint density at radius 3 is 3.14 bits per heavy atom. The summed E-state index contributed by atoms with van der Waals surface area (Å²) in [5.41, 5.74) is 1.02. The van der Waals surface area contributed by atoms with E-state index in [0.29, 0.717) is 0 Å². The van der Waals surface area contributed by atoms with Crippen molar-refractivity contribution in [3.8, 4) is 17.1 Å². The van der Waals surface area contributed by atoms with Gasteiger partial charge in [0.1, 0.15) is 17.8 Å². The van der Waals surface area contributed by atoms with E-state index < -0.39 is 0 Å². The predicted molar refractivity (Wildman–Crippen MR) is 53.6 cm³/mol. The maximum atomic E-state index is 5.45. The SMILES string of the molecule is C1=Cn2ccnc2-c2ccccc2O1. The van der Waals surface area contributed by atoms with Crippen LogP contribution in [0, 0.1) is 0 Å². The van der Waals surface area contributed by atoms with Gasteiger partial charge in [-0.25, -0.2) is 4.98 Å². The smallest absolute Gasteiger partial charge is 0.147 e. The highest BCUT2D eigenvalue weighted by Crippen LogP contribution is 2.30. The maximum absolute atomic E-state index is 5.45. The lowest BCUT2D eigenvalue weighted by atomic mass is 10.2. The van der Waals surface area contributed by atoms with Crippen molar-refractivity contribution in [1.82, 2.24) is 9.55 Å². The van der Waals surface area contributed by atoms with Gasteiger partial charge in [-0.05, 0) is 12.1 Å². The van der Waals surface area contributed by atoms with Crippen LogP contribution in [0.1, 0.15) is 0 Å². The summed E-state index contributed by atoms with van der Waals surface area (Å²) in [5, 5.41) is 0. The summed E-state index contributed by atoms with van der Waals surface area (Å²) in [6.07, 6.45) is 7.19. The van der Waals surface area contributed by atoms with Crippen LogP contribution < -0.4 is 4.74 Å². The molecule has 0 N–H and O–H groups in total. The zero-order chi connectivity index (χ0) is 9.38. The Kier molecular flexibility index (Phi) is 1.44. The molecule has 3 heteroatoms. The summed E-state index contributed by atoms with van der Waals surface area (Å²) in [4.78, 5) is 4.29. The van der Waals surface area contributed by atoms with Crippen LogP contribution in [0.4, 0.5) is 0 Å². The molecule has 3 nitrogen and oxygen atoms in total. The van der Waals surface area contributed by atoms with Gasteiger partial charge in [-0.15, -0.1) is 0 Å². The predicted octanol–water partition coefficient (Wildman–Crippen LogP) is 2.37. The molecule has 1 aromatic carbocycles. The van der Waals surface area contributed by atoms with Gasteiger partial charge < -0.3 is 9.30 Å². The van der Waals surface area contributed by atoms with E-state index in [1.54, 1.807) is 12.5 Å². The van der Waals surface area contributed by atoms with Crippen molar-refractivity contribution in [3.63, 3.8) is 0 Å². The summed E-state index contributed by atoms with van der Waals surface area (Å²) in [7, 11) is 0. The van der Waals surface area contributed by atoms with Gasteiger partial charge in [0.25, 0.3) is 0 Å². The van der Waals surface area contributed by atoms with Crippen LogP contribution in [-0.2, 0) is 0 Å². The van der Waals surface area contributed by atoms with Gasteiger partial charge in [-0.3, -0.25) is 0 Å². The van der Waals surface area contributed by atoms with E-state index in [0.717, 1.165) is 17.1 Å². The van der Waals surface area contributed by atoms with Gasteiger partial charge in [0.05, 0.1) is 5.56 Å². The van der Waals surface area contributed by atoms with Crippen LogP contribution in [0.15, 0.2) is 42.9 Å². The number of aromatic nitrogens is 2.